The van der Waals surface area contributed by atoms with Gasteiger partial charge in [0.15, 0.2) is 11.6 Å². The van der Waals surface area contributed by atoms with E-state index < -0.39 is 17.9 Å². The average Bonchev–Trinajstić information content (AvgIpc) is 3.01. The summed E-state index contributed by atoms with van der Waals surface area (Å²) in [5, 5.41) is 9.24. The summed E-state index contributed by atoms with van der Waals surface area (Å²) < 4.78 is 0. The summed E-state index contributed by atoms with van der Waals surface area (Å²) in [6.07, 6.45) is -0.986. The number of hydrogen-bond acceptors (Lipinski definition) is 5. The number of hydrogen-bond donors (Lipinski definition) is 1. The third-order valence-electron chi connectivity index (χ3n) is 8.01. The molecule has 0 radical (unpaired) electrons. The molecule has 2 atom stereocenters. The number of amides is 2. The van der Waals surface area contributed by atoms with Crippen LogP contribution in [-0.2, 0) is 4.79 Å². The van der Waals surface area contributed by atoms with Gasteiger partial charge < -0.3 is 14.9 Å². The number of carbonyl (C=O) groups excluding carboxylic acids is 3. The van der Waals surface area contributed by atoms with Crippen LogP contribution in [0, 0.1) is 11.8 Å². The highest BCUT2D eigenvalue weighted by Gasteiger charge is 2.45. The molecule has 206 valence electrons. The van der Waals surface area contributed by atoms with Crippen molar-refractivity contribution in [1.29, 1.82) is 0 Å². The van der Waals surface area contributed by atoms with E-state index in [4.69, 9.17) is 0 Å². The average molecular weight is 540 g/mol. The van der Waals surface area contributed by atoms with Gasteiger partial charge in [-0.2, -0.15) is 0 Å². The van der Waals surface area contributed by atoms with Crippen LogP contribution < -0.4 is 0 Å². The molecule has 0 bridgehead atoms. The fourth-order valence-electron chi connectivity index (χ4n) is 5.97. The van der Waals surface area contributed by atoms with E-state index in [1.165, 1.54) is 4.90 Å². The Bertz CT molecular complexity index is 1280. The topological polar surface area (TPSA) is 98.2 Å². The van der Waals surface area contributed by atoms with E-state index in [1.807, 2.05) is 71.6 Å². The smallest absolute Gasteiger partial charge is 0.407 e. The van der Waals surface area contributed by atoms with Crippen LogP contribution in [0.3, 0.4) is 0 Å². The van der Waals surface area contributed by atoms with Gasteiger partial charge >= 0.3 is 6.09 Å². The molecule has 2 aliphatic rings. The van der Waals surface area contributed by atoms with Gasteiger partial charge in [0.2, 0.25) is 5.91 Å². The molecule has 3 aromatic rings. The number of piperidine rings is 1. The van der Waals surface area contributed by atoms with Crippen LogP contribution in [-0.4, -0.2) is 89.2 Å². The molecule has 2 heterocycles. The highest BCUT2D eigenvalue weighted by atomic mass is 16.4. The largest absolute Gasteiger partial charge is 0.465 e. The van der Waals surface area contributed by atoms with Crippen LogP contribution in [0.15, 0.2) is 91.0 Å². The van der Waals surface area contributed by atoms with E-state index in [-0.39, 0.29) is 43.0 Å². The molecule has 0 unspecified atom stereocenters. The van der Waals surface area contributed by atoms with Crippen molar-refractivity contribution in [3.8, 4) is 0 Å². The van der Waals surface area contributed by atoms with Gasteiger partial charge in [0.25, 0.3) is 0 Å². The Morgan fingerprint density at radius 1 is 0.625 bits per heavy atom. The number of rotatable bonds is 7. The Kier molecular flexibility index (Phi) is 8.36. The second-order valence-corrected chi connectivity index (χ2v) is 10.5. The first kappa shape index (κ1) is 27.3. The minimum absolute atomic E-state index is 0.0486. The first-order valence-corrected chi connectivity index (χ1v) is 13.6. The highest BCUT2D eigenvalue weighted by molar-refractivity contribution is 6.02. The molecule has 3 aromatic carbocycles. The molecule has 2 aliphatic heterocycles. The third-order valence-corrected chi connectivity index (χ3v) is 8.01. The molecule has 2 saturated heterocycles. The predicted octanol–water partition coefficient (Wildman–Crippen LogP) is 3.91. The molecular formula is C32H33N3O5. The molecule has 8 heteroatoms. The molecule has 2 amide bonds. The van der Waals surface area contributed by atoms with Crippen molar-refractivity contribution in [3.05, 3.63) is 108 Å². The highest BCUT2D eigenvalue weighted by Crippen LogP contribution is 2.40. The Labute approximate surface area is 233 Å². The third kappa shape index (κ3) is 5.97. The van der Waals surface area contributed by atoms with E-state index in [1.54, 1.807) is 29.2 Å². The number of likely N-dealkylation sites (tertiary alicyclic amines) is 1. The zero-order valence-corrected chi connectivity index (χ0v) is 22.3. The maximum Gasteiger partial charge on any atom is 0.407 e. The lowest BCUT2D eigenvalue weighted by molar-refractivity contribution is -0.134. The van der Waals surface area contributed by atoms with Gasteiger partial charge in [-0.05, 0) is 5.56 Å². The summed E-state index contributed by atoms with van der Waals surface area (Å²) in [6.45, 7) is 1.92. The summed E-state index contributed by atoms with van der Waals surface area (Å²) >= 11 is 0. The molecule has 0 saturated carbocycles. The Morgan fingerprint density at radius 2 is 1.05 bits per heavy atom. The molecule has 0 aromatic heterocycles. The van der Waals surface area contributed by atoms with Gasteiger partial charge in [0.05, 0.1) is 6.54 Å². The lowest BCUT2D eigenvalue weighted by atomic mass is 9.68. The first-order valence-electron chi connectivity index (χ1n) is 13.6. The number of carbonyl (C=O) groups is 4. The van der Waals surface area contributed by atoms with Crippen LogP contribution in [0.5, 0.6) is 0 Å². The van der Waals surface area contributed by atoms with Gasteiger partial charge in [-0.25, -0.2) is 4.79 Å². The van der Waals surface area contributed by atoms with Crippen molar-refractivity contribution in [2.45, 2.75) is 5.92 Å². The zero-order chi connectivity index (χ0) is 28.1. The summed E-state index contributed by atoms with van der Waals surface area (Å²) in [7, 11) is 0. The predicted molar refractivity (Wildman–Crippen MR) is 150 cm³/mol. The van der Waals surface area contributed by atoms with Crippen molar-refractivity contribution >= 4 is 23.6 Å². The van der Waals surface area contributed by atoms with Crippen molar-refractivity contribution in [2.75, 3.05) is 45.8 Å². The molecule has 8 nitrogen and oxygen atoms in total. The lowest BCUT2D eigenvalue weighted by Gasteiger charge is -2.43. The second kappa shape index (κ2) is 12.3. The number of Topliss-reactive ketones (excluding diaryl/α,β-unsaturated/α-hetero) is 2. The van der Waals surface area contributed by atoms with Gasteiger partial charge in [-0.3, -0.25) is 19.3 Å². The van der Waals surface area contributed by atoms with E-state index in [2.05, 4.69) is 0 Å². The Balaban J connectivity index is 1.46. The first-order chi connectivity index (χ1) is 19.4. The quantitative estimate of drug-likeness (QED) is 0.458. The maximum absolute atomic E-state index is 14.0. The Hall–Kier alpha value is -4.30. The Morgan fingerprint density at radius 3 is 1.50 bits per heavy atom. The normalized spacial score (nSPS) is 20.2. The van der Waals surface area contributed by atoms with Gasteiger partial charge in [0, 0.05) is 68.1 Å². The SMILES string of the molecule is O=C(c1ccccc1)[C@H]1CN(CC(=O)N2CCN(C(=O)O)CC2)C[C@H](C(=O)c2ccccc2)C1c1ccccc1. The zero-order valence-electron chi connectivity index (χ0n) is 22.3. The van der Waals surface area contributed by atoms with E-state index in [9.17, 15) is 24.3 Å². The molecule has 5 rings (SSSR count). The van der Waals surface area contributed by atoms with Crippen molar-refractivity contribution in [3.63, 3.8) is 0 Å². The second-order valence-electron chi connectivity index (χ2n) is 10.5. The number of carboxylic acid groups (broad SMARTS) is 1. The minimum Gasteiger partial charge on any atom is -0.465 e. The van der Waals surface area contributed by atoms with Crippen LogP contribution in [0.25, 0.3) is 0 Å². The lowest BCUT2D eigenvalue weighted by Crippen LogP contribution is -2.55. The molecular weight excluding hydrogens is 506 g/mol. The van der Waals surface area contributed by atoms with Crippen molar-refractivity contribution in [2.24, 2.45) is 11.8 Å². The van der Waals surface area contributed by atoms with Gasteiger partial charge in [-0.15, -0.1) is 0 Å². The fraction of sp³-hybridized carbons (Fsp3) is 0.312. The van der Waals surface area contributed by atoms with E-state index in [0.717, 1.165) is 5.56 Å². The van der Waals surface area contributed by atoms with Gasteiger partial charge in [-0.1, -0.05) is 91.0 Å². The standard InChI is InChI=1S/C32H33N3O5/c36-28(34-16-18-35(19-17-34)32(39)40)22-33-20-26(30(37)24-12-6-2-7-13-24)29(23-10-4-1-5-11-23)27(21-33)31(38)25-14-8-3-9-15-25/h1-15,26-27,29H,16-22H2,(H,39,40)/t26-,27-/m0/s1. The van der Waals surface area contributed by atoms with Crippen molar-refractivity contribution in [1.82, 2.24) is 14.7 Å². The molecule has 40 heavy (non-hydrogen) atoms. The maximum atomic E-state index is 14.0. The molecule has 0 spiro atoms. The number of piperazine rings is 1. The van der Waals surface area contributed by atoms with E-state index >= 15 is 0 Å². The minimum atomic E-state index is -0.986. The summed E-state index contributed by atoms with van der Waals surface area (Å²) in [5.41, 5.74) is 2.09. The van der Waals surface area contributed by atoms with Gasteiger partial charge in [0.1, 0.15) is 0 Å². The summed E-state index contributed by atoms with van der Waals surface area (Å²) in [4.78, 5) is 57.6. The number of ketones is 2. The summed E-state index contributed by atoms with van der Waals surface area (Å²) in [5.74, 6) is -1.65. The van der Waals surface area contributed by atoms with Crippen LogP contribution >= 0.6 is 0 Å². The number of nitrogens with zero attached hydrogens (tertiary/aromatic N) is 3. The fourth-order valence-corrected chi connectivity index (χ4v) is 5.97. The number of benzene rings is 3. The van der Waals surface area contributed by atoms with E-state index in [0.29, 0.717) is 37.3 Å². The summed E-state index contributed by atoms with van der Waals surface area (Å²) in [6, 6.07) is 28.0. The van der Waals surface area contributed by atoms with Crippen LogP contribution in [0.4, 0.5) is 4.79 Å². The van der Waals surface area contributed by atoms with Crippen LogP contribution in [0.2, 0.25) is 0 Å². The molecule has 1 N–H and O–H groups in total. The van der Waals surface area contributed by atoms with Crippen LogP contribution in [0.1, 0.15) is 32.2 Å². The molecule has 2 fully saturated rings. The monoisotopic (exact) mass is 539 g/mol. The molecule has 0 aliphatic carbocycles. The van der Waals surface area contributed by atoms with Crippen molar-refractivity contribution < 1.29 is 24.3 Å².